The van der Waals surface area contributed by atoms with Gasteiger partial charge in [-0.2, -0.15) is 0 Å². The minimum atomic E-state index is -0.511. The lowest BCUT2D eigenvalue weighted by Crippen LogP contribution is -2.34. The van der Waals surface area contributed by atoms with Crippen LogP contribution in [0.1, 0.15) is 35.8 Å². The quantitative estimate of drug-likeness (QED) is 0.598. The van der Waals surface area contributed by atoms with Crippen LogP contribution < -0.4 is 30.8 Å². The molecule has 0 aliphatic carbocycles. The van der Waals surface area contributed by atoms with Gasteiger partial charge in [-0.15, -0.1) is 0 Å². The van der Waals surface area contributed by atoms with Gasteiger partial charge < -0.3 is 24.5 Å². The third kappa shape index (κ3) is 4.11. The summed E-state index contributed by atoms with van der Waals surface area (Å²) in [4.78, 5) is 40.0. The maximum Gasteiger partial charge on any atom is 0.328 e. The summed E-state index contributed by atoms with van der Waals surface area (Å²) in [6.07, 6.45) is 0. The average molecular weight is 427 g/mol. The van der Waals surface area contributed by atoms with Crippen molar-refractivity contribution in [1.82, 2.24) is 14.9 Å². The van der Waals surface area contributed by atoms with E-state index in [1.165, 1.54) is 27.4 Å². The number of carbonyl (C=O) groups excluding carboxylic acids is 1. The van der Waals surface area contributed by atoms with Crippen LogP contribution in [0.15, 0.2) is 39.9 Å². The minimum Gasteiger partial charge on any atom is -0.493 e. The van der Waals surface area contributed by atoms with Crippen LogP contribution in [0.5, 0.6) is 17.2 Å². The number of rotatable bonds is 7. The van der Waals surface area contributed by atoms with Crippen LogP contribution in [0.3, 0.4) is 0 Å². The first-order chi connectivity index (χ1) is 14.8. The fourth-order valence-electron chi connectivity index (χ4n) is 3.40. The second kappa shape index (κ2) is 8.95. The summed E-state index contributed by atoms with van der Waals surface area (Å²) < 4.78 is 17.2. The van der Waals surface area contributed by atoms with Gasteiger partial charge in [0, 0.05) is 12.1 Å². The largest absolute Gasteiger partial charge is 0.493 e. The molecular formula is C22H25N3O6. The van der Waals surface area contributed by atoms with E-state index in [1.54, 1.807) is 31.2 Å². The zero-order valence-corrected chi connectivity index (χ0v) is 18.1. The first kappa shape index (κ1) is 21.9. The Morgan fingerprint density at radius 2 is 1.71 bits per heavy atom. The molecule has 0 saturated carbocycles. The van der Waals surface area contributed by atoms with Crippen LogP contribution in [0.25, 0.3) is 10.9 Å². The molecule has 31 heavy (non-hydrogen) atoms. The number of fused-ring (bicyclic) bond motifs is 1. The maximum absolute atomic E-state index is 12.8. The highest BCUT2D eigenvalue weighted by Crippen LogP contribution is 2.39. The number of methoxy groups -OCH3 is 3. The first-order valence-corrected chi connectivity index (χ1v) is 9.72. The fourth-order valence-corrected chi connectivity index (χ4v) is 3.40. The van der Waals surface area contributed by atoms with Gasteiger partial charge in [-0.3, -0.25) is 14.2 Å². The Bertz CT molecular complexity index is 1220. The maximum atomic E-state index is 12.8. The Hall–Kier alpha value is -3.75. The highest BCUT2D eigenvalue weighted by atomic mass is 16.5. The van der Waals surface area contributed by atoms with E-state index in [1.807, 2.05) is 6.92 Å². The van der Waals surface area contributed by atoms with E-state index in [0.29, 0.717) is 33.7 Å². The molecule has 2 aromatic carbocycles. The Kier molecular flexibility index (Phi) is 6.33. The molecule has 0 aliphatic heterocycles. The number of carbonyl (C=O) groups is 1. The summed E-state index contributed by atoms with van der Waals surface area (Å²) in [5.41, 5.74) is 0.481. The number of H-pyrrole nitrogens is 1. The summed E-state index contributed by atoms with van der Waals surface area (Å²) in [5, 5.41) is 3.25. The van der Waals surface area contributed by atoms with Crippen LogP contribution in [-0.2, 0) is 6.54 Å². The van der Waals surface area contributed by atoms with Crippen molar-refractivity contribution < 1.29 is 19.0 Å². The molecule has 9 heteroatoms. The third-order valence-electron chi connectivity index (χ3n) is 5.09. The van der Waals surface area contributed by atoms with Gasteiger partial charge in [0.2, 0.25) is 5.75 Å². The Labute approximate surface area is 178 Å². The summed E-state index contributed by atoms with van der Waals surface area (Å²) >= 11 is 0. The van der Waals surface area contributed by atoms with Gasteiger partial charge in [-0.05, 0) is 49.7 Å². The van der Waals surface area contributed by atoms with Crippen LogP contribution in [0.2, 0.25) is 0 Å². The van der Waals surface area contributed by atoms with E-state index >= 15 is 0 Å². The van der Waals surface area contributed by atoms with Crippen molar-refractivity contribution in [3.8, 4) is 17.2 Å². The lowest BCUT2D eigenvalue weighted by Gasteiger charge is -2.19. The molecule has 0 radical (unpaired) electrons. The SMILES string of the molecule is CCn1c(=O)[nH]c2cc(C(=O)NC(C)c3cc(OC)c(OC)c(OC)c3)ccc2c1=O. The minimum absolute atomic E-state index is 0.263. The number of ether oxygens (including phenoxy) is 3. The molecule has 1 heterocycles. The van der Waals surface area contributed by atoms with Crippen LogP contribution in [0.4, 0.5) is 0 Å². The molecular weight excluding hydrogens is 402 g/mol. The average Bonchev–Trinajstić information content (AvgIpc) is 2.77. The molecule has 1 atom stereocenters. The fraction of sp³-hybridized carbons (Fsp3) is 0.318. The van der Waals surface area contributed by atoms with E-state index in [2.05, 4.69) is 10.3 Å². The standard InChI is InChI=1S/C22H25N3O6/c1-6-25-21(27)15-8-7-13(9-16(15)24-22(25)28)20(26)23-12(2)14-10-17(29-3)19(31-5)18(11-14)30-4/h7-12H,6H2,1-5H3,(H,23,26)(H,24,28). The van der Waals surface area contributed by atoms with Gasteiger partial charge in [-0.1, -0.05) is 0 Å². The molecule has 9 nitrogen and oxygen atoms in total. The van der Waals surface area contributed by atoms with E-state index in [-0.39, 0.29) is 24.1 Å². The number of aromatic amines is 1. The monoisotopic (exact) mass is 427 g/mol. The molecule has 0 spiro atoms. The number of nitrogens with zero attached hydrogens (tertiary/aromatic N) is 1. The van der Waals surface area contributed by atoms with Crippen LogP contribution >= 0.6 is 0 Å². The Morgan fingerprint density at radius 1 is 1.06 bits per heavy atom. The second-order valence-electron chi connectivity index (χ2n) is 6.89. The molecule has 3 aromatic rings. The highest BCUT2D eigenvalue weighted by molar-refractivity contribution is 5.97. The summed E-state index contributed by atoms with van der Waals surface area (Å²) in [6, 6.07) is 7.73. The van der Waals surface area contributed by atoms with Crippen LogP contribution in [-0.4, -0.2) is 36.8 Å². The van der Waals surface area contributed by atoms with Crippen molar-refractivity contribution in [3.05, 3.63) is 62.3 Å². The number of benzene rings is 2. The molecule has 2 N–H and O–H groups in total. The van der Waals surface area contributed by atoms with Gasteiger partial charge in [0.1, 0.15) is 0 Å². The molecule has 1 amide bonds. The lowest BCUT2D eigenvalue weighted by molar-refractivity contribution is 0.0940. The first-order valence-electron chi connectivity index (χ1n) is 9.72. The Balaban J connectivity index is 1.92. The zero-order chi connectivity index (χ0) is 22.7. The topological polar surface area (TPSA) is 112 Å². The van der Waals surface area contributed by atoms with Crippen molar-refractivity contribution in [3.63, 3.8) is 0 Å². The molecule has 3 rings (SSSR count). The van der Waals surface area contributed by atoms with E-state index < -0.39 is 5.69 Å². The van der Waals surface area contributed by atoms with Crippen LogP contribution in [0, 0.1) is 0 Å². The molecule has 0 saturated heterocycles. The summed E-state index contributed by atoms with van der Waals surface area (Å²) in [5.74, 6) is 1.06. The van der Waals surface area contributed by atoms with Crippen molar-refractivity contribution in [2.75, 3.05) is 21.3 Å². The van der Waals surface area contributed by atoms with E-state index in [4.69, 9.17) is 14.2 Å². The normalized spacial score (nSPS) is 11.8. The van der Waals surface area contributed by atoms with Crippen molar-refractivity contribution in [1.29, 1.82) is 0 Å². The summed E-state index contributed by atoms with van der Waals surface area (Å²) in [7, 11) is 4.56. The molecule has 0 fully saturated rings. The molecule has 1 aromatic heterocycles. The van der Waals surface area contributed by atoms with Gasteiger partial charge in [-0.25, -0.2) is 4.79 Å². The number of hydrogen-bond acceptors (Lipinski definition) is 6. The van der Waals surface area contributed by atoms with E-state index in [0.717, 1.165) is 10.1 Å². The molecule has 0 bridgehead atoms. The number of nitrogens with one attached hydrogen (secondary N) is 2. The highest BCUT2D eigenvalue weighted by Gasteiger charge is 2.19. The van der Waals surface area contributed by atoms with Crippen molar-refractivity contribution in [2.24, 2.45) is 0 Å². The van der Waals surface area contributed by atoms with Crippen molar-refractivity contribution >= 4 is 16.8 Å². The number of aromatic nitrogens is 2. The lowest BCUT2D eigenvalue weighted by atomic mass is 10.1. The van der Waals surface area contributed by atoms with Crippen molar-refractivity contribution in [2.45, 2.75) is 26.4 Å². The van der Waals surface area contributed by atoms with Gasteiger partial charge in [0.15, 0.2) is 11.5 Å². The van der Waals surface area contributed by atoms with E-state index in [9.17, 15) is 14.4 Å². The molecule has 0 aliphatic rings. The van der Waals surface area contributed by atoms with Gasteiger partial charge in [0.25, 0.3) is 11.5 Å². The number of amides is 1. The summed E-state index contributed by atoms with van der Waals surface area (Å²) in [6.45, 7) is 3.80. The molecule has 164 valence electrons. The smallest absolute Gasteiger partial charge is 0.328 e. The van der Waals surface area contributed by atoms with Gasteiger partial charge in [0.05, 0.1) is 38.3 Å². The predicted molar refractivity (Wildman–Crippen MR) is 116 cm³/mol. The number of hydrogen-bond donors (Lipinski definition) is 2. The predicted octanol–water partition coefficient (Wildman–Crippen LogP) is 2.23. The zero-order valence-electron chi connectivity index (χ0n) is 18.1. The van der Waals surface area contributed by atoms with Gasteiger partial charge >= 0.3 is 5.69 Å². The molecule has 1 unspecified atom stereocenters. The third-order valence-corrected chi connectivity index (χ3v) is 5.09. The Morgan fingerprint density at radius 3 is 2.26 bits per heavy atom. The second-order valence-corrected chi connectivity index (χ2v) is 6.89.